The van der Waals surface area contributed by atoms with Crippen LogP contribution in [0.2, 0.25) is 0 Å². The van der Waals surface area contributed by atoms with E-state index in [2.05, 4.69) is 11.9 Å². The third-order valence-corrected chi connectivity index (χ3v) is 2.76. The standard InChI is InChI=1S/C15H21NO3/c1-4-8-13(15(2,3)18)16-14(17)19-11-12-9-6-5-7-10-12/h4-7,9-10,13,18H,1,8,11H2,2-3H3,(H,16,17)/t13-/m0/s1. The number of hydrogen-bond acceptors (Lipinski definition) is 3. The van der Waals surface area contributed by atoms with Gasteiger partial charge in [0.2, 0.25) is 0 Å². The van der Waals surface area contributed by atoms with E-state index in [4.69, 9.17) is 4.74 Å². The Kier molecular flexibility index (Phi) is 5.57. The highest BCUT2D eigenvalue weighted by molar-refractivity contribution is 5.67. The van der Waals surface area contributed by atoms with Crippen LogP contribution in [0.15, 0.2) is 43.0 Å². The molecule has 1 rings (SSSR count). The lowest BCUT2D eigenvalue weighted by Crippen LogP contribution is -2.49. The van der Waals surface area contributed by atoms with Crippen LogP contribution >= 0.6 is 0 Å². The summed E-state index contributed by atoms with van der Waals surface area (Å²) in [5, 5.41) is 12.6. The Bertz CT molecular complexity index is 409. The molecule has 19 heavy (non-hydrogen) atoms. The van der Waals surface area contributed by atoms with Gasteiger partial charge in [0, 0.05) is 0 Å². The van der Waals surface area contributed by atoms with Crippen molar-refractivity contribution in [2.45, 2.75) is 38.5 Å². The Labute approximate surface area is 114 Å². The molecule has 0 aliphatic carbocycles. The topological polar surface area (TPSA) is 58.6 Å². The second kappa shape index (κ2) is 6.95. The Morgan fingerprint density at radius 3 is 2.63 bits per heavy atom. The first-order chi connectivity index (χ1) is 8.93. The Hall–Kier alpha value is -1.81. The van der Waals surface area contributed by atoms with Crippen LogP contribution in [0.3, 0.4) is 0 Å². The van der Waals surface area contributed by atoms with Crippen molar-refractivity contribution in [3.05, 3.63) is 48.6 Å². The summed E-state index contributed by atoms with van der Waals surface area (Å²) >= 11 is 0. The van der Waals surface area contributed by atoms with Gasteiger partial charge in [-0.3, -0.25) is 0 Å². The van der Waals surface area contributed by atoms with Crippen LogP contribution in [0.4, 0.5) is 4.79 Å². The van der Waals surface area contributed by atoms with Crippen LogP contribution in [-0.4, -0.2) is 22.8 Å². The molecule has 0 radical (unpaired) electrons. The molecule has 1 aromatic carbocycles. The summed E-state index contributed by atoms with van der Waals surface area (Å²) < 4.78 is 5.10. The van der Waals surface area contributed by atoms with Gasteiger partial charge in [-0.25, -0.2) is 4.79 Å². The fourth-order valence-electron chi connectivity index (χ4n) is 1.60. The Morgan fingerprint density at radius 2 is 2.11 bits per heavy atom. The number of nitrogens with one attached hydrogen (secondary N) is 1. The molecule has 1 atom stereocenters. The van der Waals surface area contributed by atoms with Crippen molar-refractivity contribution in [3.8, 4) is 0 Å². The van der Waals surface area contributed by atoms with Gasteiger partial charge in [-0.2, -0.15) is 0 Å². The zero-order valence-corrected chi connectivity index (χ0v) is 11.4. The van der Waals surface area contributed by atoms with Gasteiger partial charge >= 0.3 is 6.09 Å². The molecule has 0 spiro atoms. The van der Waals surface area contributed by atoms with Gasteiger partial charge in [0.1, 0.15) is 6.61 Å². The van der Waals surface area contributed by atoms with Crippen LogP contribution < -0.4 is 5.32 Å². The fraction of sp³-hybridized carbons (Fsp3) is 0.400. The Balaban J connectivity index is 2.47. The van der Waals surface area contributed by atoms with Crippen LogP contribution in [-0.2, 0) is 11.3 Å². The van der Waals surface area contributed by atoms with Gasteiger partial charge in [-0.1, -0.05) is 36.4 Å². The number of hydrogen-bond donors (Lipinski definition) is 2. The lowest BCUT2D eigenvalue weighted by atomic mass is 9.96. The average molecular weight is 263 g/mol. The predicted octanol–water partition coefficient (Wildman–Crippen LogP) is 2.63. The maximum atomic E-state index is 11.7. The molecule has 0 aliphatic rings. The van der Waals surface area contributed by atoms with Gasteiger partial charge in [-0.15, -0.1) is 6.58 Å². The number of aliphatic hydroxyl groups is 1. The first-order valence-corrected chi connectivity index (χ1v) is 6.24. The maximum Gasteiger partial charge on any atom is 0.407 e. The molecule has 1 aromatic rings. The van der Waals surface area contributed by atoms with Crippen molar-refractivity contribution in [2.75, 3.05) is 0 Å². The molecule has 0 saturated carbocycles. The van der Waals surface area contributed by atoms with Crippen molar-refractivity contribution in [1.82, 2.24) is 5.32 Å². The molecule has 0 aliphatic heterocycles. The average Bonchev–Trinajstić information content (AvgIpc) is 2.36. The molecular weight excluding hydrogens is 242 g/mol. The highest BCUT2D eigenvalue weighted by atomic mass is 16.5. The summed E-state index contributed by atoms with van der Waals surface area (Å²) in [4.78, 5) is 11.7. The summed E-state index contributed by atoms with van der Waals surface area (Å²) in [7, 11) is 0. The van der Waals surface area contributed by atoms with Crippen LogP contribution in [0, 0.1) is 0 Å². The second-order valence-corrected chi connectivity index (χ2v) is 4.94. The molecule has 104 valence electrons. The second-order valence-electron chi connectivity index (χ2n) is 4.94. The van der Waals surface area contributed by atoms with Crippen molar-refractivity contribution in [3.63, 3.8) is 0 Å². The number of alkyl carbamates (subject to hydrolysis) is 1. The molecule has 0 saturated heterocycles. The lowest BCUT2D eigenvalue weighted by Gasteiger charge is -2.28. The summed E-state index contributed by atoms with van der Waals surface area (Å²) in [5.41, 5.74) is -0.110. The normalized spacial score (nSPS) is 12.6. The van der Waals surface area contributed by atoms with E-state index in [9.17, 15) is 9.90 Å². The van der Waals surface area contributed by atoms with Crippen molar-refractivity contribution < 1.29 is 14.6 Å². The minimum absolute atomic E-state index is 0.208. The fourth-order valence-corrected chi connectivity index (χ4v) is 1.60. The maximum absolute atomic E-state index is 11.7. The van der Waals surface area contributed by atoms with Crippen molar-refractivity contribution >= 4 is 6.09 Å². The molecule has 4 nitrogen and oxygen atoms in total. The van der Waals surface area contributed by atoms with E-state index in [-0.39, 0.29) is 6.61 Å². The Morgan fingerprint density at radius 1 is 1.47 bits per heavy atom. The quantitative estimate of drug-likeness (QED) is 0.776. The minimum atomic E-state index is -1.03. The van der Waals surface area contributed by atoms with E-state index >= 15 is 0 Å². The smallest absolute Gasteiger partial charge is 0.407 e. The monoisotopic (exact) mass is 263 g/mol. The molecule has 0 unspecified atom stereocenters. The van der Waals surface area contributed by atoms with Gasteiger partial charge in [0.25, 0.3) is 0 Å². The summed E-state index contributed by atoms with van der Waals surface area (Å²) in [6.07, 6.45) is 1.59. The highest BCUT2D eigenvalue weighted by Gasteiger charge is 2.27. The van der Waals surface area contributed by atoms with Crippen molar-refractivity contribution in [1.29, 1.82) is 0 Å². The van der Waals surface area contributed by atoms with Crippen LogP contribution in [0.25, 0.3) is 0 Å². The van der Waals surface area contributed by atoms with E-state index < -0.39 is 17.7 Å². The molecule has 0 heterocycles. The van der Waals surface area contributed by atoms with Gasteiger partial charge in [-0.05, 0) is 25.8 Å². The van der Waals surface area contributed by atoms with Crippen LogP contribution in [0.1, 0.15) is 25.8 Å². The zero-order valence-electron chi connectivity index (χ0n) is 11.4. The molecule has 0 bridgehead atoms. The number of amides is 1. The third-order valence-electron chi connectivity index (χ3n) is 2.76. The highest BCUT2D eigenvalue weighted by Crippen LogP contribution is 2.13. The minimum Gasteiger partial charge on any atom is -0.445 e. The first kappa shape index (κ1) is 15.2. The first-order valence-electron chi connectivity index (χ1n) is 6.24. The lowest BCUT2D eigenvalue weighted by molar-refractivity contribution is 0.0347. The molecule has 2 N–H and O–H groups in total. The van der Waals surface area contributed by atoms with E-state index in [1.165, 1.54) is 0 Å². The SMILES string of the molecule is C=CC[C@H](NC(=O)OCc1ccccc1)C(C)(C)O. The van der Waals surface area contributed by atoms with Gasteiger partial charge in [0.05, 0.1) is 11.6 Å². The molecule has 0 aromatic heterocycles. The zero-order chi connectivity index (χ0) is 14.3. The number of rotatable bonds is 6. The van der Waals surface area contributed by atoms with E-state index in [1.807, 2.05) is 30.3 Å². The van der Waals surface area contributed by atoms with Gasteiger partial charge < -0.3 is 15.2 Å². The molecule has 4 heteroatoms. The van der Waals surface area contributed by atoms with Crippen molar-refractivity contribution in [2.24, 2.45) is 0 Å². The van der Waals surface area contributed by atoms with E-state index in [1.54, 1.807) is 19.9 Å². The van der Waals surface area contributed by atoms with E-state index in [0.29, 0.717) is 6.42 Å². The molecule has 0 fully saturated rings. The summed E-state index contributed by atoms with van der Waals surface area (Å²) in [5.74, 6) is 0. The number of benzene rings is 1. The summed E-state index contributed by atoms with van der Waals surface area (Å²) in [6.45, 7) is 7.09. The third kappa shape index (κ3) is 5.57. The molecular formula is C15H21NO3. The summed E-state index contributed by atoms with van der Waals surface area (Å²) in [6, 6.07) is 9.00. The number of carbonyl (C=O) groups excluding carboxylic acids is 1. The number of ether oxygens (including phenoxy) is 1. The van der Waals surface area contributed by atoms with E-state index in [0.717, 1.165) is 5.56 Å². The van der Waals surface area contributed by atoms with Crippen LogP contribution in [0.5, 0.6) is 0 Å². The molecule has 1 amide bonds. The number of carbonyl (C=O) groups is 1. The van der Waals surface area contributed by atoms with Gasteiger partial charge in [0.15, 0.2) is 0 Å². The largest absolute Gasteiger partial charge is 0.445 e. The predicted molar refractivity (Wildman–Crippen MR) is 74.7 cm³/mol.